The van der Waals surface area contributed by atoms with Gasteiger partial charge in [0, 0.05) is 12.1 Å². The Morgan fingerprint density at radius 3 is 2.39 bits per heavy atom. The summed E-state index contributed by atoms with van der Waals surface area (Å²) in [5.41, 5.74) is 3.43. The van der Waals surface area contributed by atoms with Crippen molar-refractivity contribution >= 4 is 5.91 Å². The zero-order chi connectivity index (χ0) is 24.3. The molecule has 0 spiro atoms. The Kier molecular flexibility index (Phi) is 6.45. The molecule has 4 heteroatoms. The van der Waals surface area contributed by atoms with Crippen molar-refractivity contribution in [2.24, 2.45) is 34.0 Å². The fraction of sp³-hybridized carbons (Fsp3) is 0.828. The molecule has 0 radical (unpaired) electrons. The molecule has 9 atom stereocenters. The highest BCUT2D eigenvalue weighted by Gasteiger charge is 2.65. The number of hydrogen-bond donors (Lipinski definition) is 2. The lowest BCUT2D eigenvalue weighted by Crippen LogP contribution is -2.63. The standard InChI is InChI=1S/C29H48N2O2/c1-18(2)17-25(32)30-22-12-15-28(5)21(26(22)33)11-14-29(6)23-10-9-20(19(3)31(7)8)27(23,4)16-13-24(28)29/h9,17,19,21-24,26,33H,10-16H2,1-8H3,(H,30,32)/t19-,21-,22-,23-,24-,26+,27-,28-,29-/m0/s1. The van der Waals surface area contributed by atoms with E-state index in [2.05, 4.69) is 58.1 Å². The molecule has 0 heterocycles. The zero-order valence-electron chi connectivity index (χ0n) is 22.4. The third-order valence-electron chi connectivity index (χ3n) is 11.0. The molecule has 2 N–H and O–H groups in total. The van der Waals surface area contributed by atoms with Crippen LogP contribution in [0.5, 0.6) is 0 Å². The number of fused-ring (bicyclic) bond motifs is 5. The Morgan fingerprint density at radius 2 is 1.76 bits per heavy atom. The van der Waals surface area contributed by atoms with Crippen molar-refractivity contribution in [1.82, 2.24) is 10.2 Å². The van der Waals surface area contributed by atoms with Crippen LogP contribution in [-0.2, 0) is 4.79 Å². The van der Waals surface area contributed by atoms with E-state index >= 15 is 0 Å². The summed E-state index contributed by atoms with van der Waals surface area (Å²) in [6, 6.07) is 0.374. The first-order valence-corrected chi connectivity index (χ1v) is 13.3. The van der Waals surface area contributed by atoms with E-state index in [4.69, 9.17) is 0 Å². The maximum absolute atomic E-state index is 12.4. The Hall–Kier alpha value is -1.13. The number of rotatable bonds is 4. The van der Waals surface area contributed by atoms with Gasteiger partial charge in [-0.25, -0.2) is 0 Å². The predicted octanol–water partition coefficient (Wildman–Crippen LogP) is 5.33. The quantitative estimate of drug-likeness (QED) is 0.444. The Labute approximate surface area is 202 Å². The molecule has 0 aromatic carbocycles. The van der Waals surface area contributed by atoms with Crippen molar-refractivity contribution in [2.75, 3.05) is 14.1 Å². The molecule has 3 saturated carbocycles. The molecular weight excluding hydrogens is 408 g/mol. The van der Waals surface area contributed by atoms with Crippen molar-refractivity contribution < 1.29 is 9.90 Å². The van der Waals surface area contributed by atoms with Gasteiger partial charge in [0.1, 0.15) is 0 Å². The van der Waals surface area contributed by atoms with Crippen LogP contribution >= 0.6 is 0 Å². The van der Waals surface area contributed by atoms with Crippen LogP contribution in [0.15, 0.2) is 23.3 Å². The number of carbonyl (C=O) groups is 1. The van der Waals surface area contributed by atoms with Gasteiger partial charge < -0.3 is 15.3 Å². The lowest BCUT2D eigenvalue weighted by atomic mass is 9.39. The van der Waals surface area contributed by atoms with Crippen LogP contribution < -0.4 is 5.32 Å². The van der Waals surface area contributed by atoms with E-state index < -0.39 is 6.10 Å². The van der Waals surface area contributed by atoms with Gasteiger partial charge in [-0.05, 0) is 114 Å². The first-order valence-electron chi connectivity index (χ1n) is 13.3. The van der Waals surface area contributed by atoms with Crippen molar-refractivity contribution in [3.63, 3.8) is 0 Å². The molecule has 0 unspecified atom stereocenters. The second-order valence-electron chi connectivity index (χ2n) is 13.1. The molecule has 4 rings (SSSR count). The molecule has 4 aliphatic rings. The number of nitrogens with zero attached hydrogens (tertiary/aromatic N) is 1. The Balaban J connectivity index is 1.56. The first kappa shape index (κ1) is 25.0. The number of hydrogen-bond acceptors (Lipinski definition) is 3. The maximum Gasteiger partial charge on any atom is 0.244 e. The highest BCUT2D eigenvalue weighted by Crippen LogP contribution is 2.71. The minimum Gasteiger partial charge on any atom is -0.391 e. The summed E-state index contributed by atoms with van der Waals surface area (Å²) in [7, 11) is 4.41. The summed E-state index contributed by atoms with van der Waals surface area (Å²) in [5, 5.41) is 14.6. The number of allylic oxidation sites excluding steroid dienone is 2. The normalized spacial score (nSPS) is 45.4. The van der Waals surface area contributed by atoms with E-state index in [1.54, 1.807) is 11.6 Å². The monoisotopic (exact) mass is 456 g/mol. The fourth-order valence-corrected chi connectivity index (χ4v) is 9.17. The number of carbonyl (C=O) groups excluding carboxylic acids is 1. The van der Waals surface area contributed by atoms with Gasteiger partial charge in [-0.15, -0.1) is 0 Å². The van der Waals surface area contributed by atoms with Crippen LogP contribution in [0.25, 0.3) is 0 Å². The summed E-state index contributed by atoms with van der Waals surface area (Å²) in [5.74, 6) is 1.57. The number of amides is 1. The van der Waals surface area contributed by atoms with Crippen LogP contribution in [0, 0.1) is 34.0 Å². The van der Waals surface area contributed by atoms with Crippen LogP contribution in [0.4, 0.5) is 0 Å². The summed E-state index contributed by atoms with van der Waals surface area (Å²) in [6.45, 7) is 13.9. The van der Waals surface area contributed by atoms with E-state index in [0.29, 0.717) is 28.7 Å². The van der Waals surface area contributed by atoms with E-state index in [-0.39, 0.29) is 23.3 Å². The molecular formula is C29H48N2O2. The molecule has 0 aromatic rings. The largest absolute Gasteiger partial charge is 0.391 e. The fourth-order valence-electron chi connectivity index (χ4n) is 9.17. The lowest BCUT2D eigenvalue weighted by Gasteiger charge is -2.66. The average molecular weight is 457 g/mol. The highest BCUT2D eigenvalue weighted by atomic mass is 16.3. The van der Waals surface area contributed by atoms with Gasteiger partial charge >= 0.3 is 0 Å². The van der Waals surface area contributed by atoms with Crippen LogP contribution in [-0.4, -0.2) is 48.2 Å². The minimum absolute atomic E-state index is 0.0590. The SMILES string of the molecule is CC(C)=CC(=O)N[C@H]1CC[C@]2(C)[C@@H]3CC[C@@]4(C)C([C@H](C)N(C)C)=CC[C@@H]4[C@]3(C)CC[C@H]2[C@H]1O. The summed E-state index contributed by atoms with van der Waals surface area (Å²) in [4.78, 5) is 14.7. The topological polar surface area (TPSA) is 52.6 Å². The molecule has 33 heavy (non-hydrogen) atoms. The molecule has 0 bridgehead atoms. The number of nitrogens with one attached hydrogen (secondary N) is 1. The van der Waals surface area contributed by atoms with Crippen molar-refractivity contribution in [3.8, 4) is 0 Å². The van der Waals surface area contributed by atoms with E-state index in [1.807, 2.05) is 13.8 Å². The van der Waals surface area contributed by atoms with Crippen molar-refractivity contribution in [1.29, 1.82) is 0 Å². The van der Waals surface area contributed by atoms with Gasteiger partial charge in [-0.1, -0.05) is 38.0 Å². The third kappa shape index (κ3) is 3.84. The first-order chi connectivity index (χ1) is 15.3. The molecule has 186 valence electrons. The van der Waals surface area contributed by atoms with Crippen molar-refractivity contribution in [3.05, 3.63) is 23.3 Å². The highest BCUT2D eigenvalue weighted by molar-refractivity contribution is 5.88. The van der Waals surface area contributed by atoms with E-state index in [0.717, 1.165) is 24.8 Å². The zero-order valence-corrected chi connectivity index (χ0v) is 22.4. The van der Waals surface area contributed by atoms with Gasteiger partial charge in [-0.2, -0.15) is 0 Å². The van der Waals surface area contributed by atoms with Crippen LogP contribution in [0.1, 0.15) is 86.5 Å². The molecule has 1 amide bonds. The van der Waals surface area contributed by atoms with Gasteiger partial charge in [0.05, 0.1) is 12.1 Å². The number of likely N-dealkylation sites (N-methyl/N-ethyl adjacent to an activating group) is 1. The lowest BCUT2D eigenvalue weighted by molar-refractivity contribution is -0.185. The van der Waals surface area contributed by atoms with Crippen LogP contribution in [0.2, 0.25) is 0 Å². The van der Waals surface area contributed by atoms with Crippen LogP contribution in [0.3, 0.4) is 0 Å². The van der Waals surface area contributed by atoms with Gasteiger partial charge in [0.15, 0.2) is 0 Å². The Bertz CT molecular complexity index is 843. The smallest absolute Gasteiger partial charge is 0.244 e. The van der Waals surface area contributed by atoms with Gasteiger partial charge in [0.25, 0.3) is 0 Å². The summed E-state index contributed by atoms with van der Waals surface area (Å²) in [6.07, 6.45) is 11.8. The molecule has 0 saturated heterocycles. The van der Waals surface area contributed by atoms with Crippen molar-refractivity contribution in [2.45, 2.75) is 105 Å². The van der Waals surface area contributed by atoms with Gasteiger partial charge in [-0.3, -0.25) is 4.79 Å². The molecule has 3 fully saturated rings. The predicted molar refractivity (Wildman–Crippen MR) is 136 cm³/mol. The second kappa shape index (κ2) is 8.52. The maximum atomic E-state index is 12.4. The molecule has 0 aromatic heterocycles. The minimum atomic E-state index is -0.442. The van der Waals surface area contributed by atoms with E-state index in [9.17, 15) is 9.90 Å². The molecule has 0 aliphatic heterocycles. The summed E-state index contributed by atoms with van der Waals surface area (Å²) < 4.78 is 0. The number of aliphatic hydroxyl groups excluding tert-OH is 1. The van der Waals surface area contributed by atoms with Gasteiger partial charge in [0.2, 0.25) is 5.91 Å². The average Bonchev–Trinajstić information content (AvgIpc) is 3.07. The molecule has 4 aliphatic carbocycles. The molecule has 4 nitrogen and oxygen atoms in total. The third-order valence-corrected chi connectivity index (χ3v) is 11.0. The van der Waals surface area contributed by atoms with E-state index in [1.165, 1.54) is 25.7 Å². The Morgan fingerprint density at radius 1 is 1.09 bits per heavy atom. The summed E-state index contributed by atoms with van der Waals surface area (Å²) >= 11 is 0. The second-order valence-corrected chi connectivity index (χ2v) is 13.1. The number of aliphatic hydroxyl groups is 1.